The summed E-state index contributed by atoms with van der Waals surface area (Å²) in [6, 6.07) is 0.0943. The fraction of sp³-hybridized carbons (Fsp3) is 1.00. The zero-order valence-electron chi connectivity index (χ0n) is 10.4. The van der Waals surface area contributed by atoms with Gasteiger partial charge < -0.3 is 5.32 Å². The third-order valence-electron chi connectivity index (χ3n) is 2.98. The van der Waals surface area contributed by atoms with Gasteiger partial charge in [0.1, 0.15) is 0 Å². The fourth-order valence-electron chi connectivity index (χ4n) is 1.70. The molecule has 0 fully saturated rings. The van der Waals surface area contributed by atoms with Crippen molar-refractivity contribution in [3.63, 3.8) is 0 Å². The smallest absolute Gasteiger partial charge is 0.151 e. The van der Waals surface area contributed by atoms with Crippen molar-refractivity contribution in [1.29, 1.82) is 0 Å². The molecule has 3 nitrogen and oxygen atoms in total. The second-order valence-corrected chi connectivity index (χ2v) is 6.68. The van der Waals surface area contributed by atoms with E-state index < -0.39 is 9.84 Å². The second kappa shape index (κ2) is 7.23. The maximum atomic E-state index is 11.4. The van der Waals surface area contributed by atoms with Crippen molar-refractivity contribution in [3.8, 4) is 0 Å². The SMILES string of the molecule is CCCCCCC(NC)C(C)S(C)(=O)=O. The lowest BCUT2D eigenvalue weighted by Gasteiger charge is -2.22. The monoisotopic (exact) mass is 235 g/mol. The van der Waals surface area contributed by atoms with Gasteiger partial charge in [-0.1, -0.05) is 32.6 Å². The van der Waals surface area contributed by atoms with Crippen molar-refractivity contribution in [2.75, 3.05) is 13.3 Å². The molecule has 0 heterocycles. The summed E-state index contributed by atoms with van der Waals surface area (Å²) in [5.74, 6) is 0. The quantitative estimate of drug-likeness (QED) is 0.654. The van der Waals surface area contributed by atoms with Crippen LogP contribution in [-0.4, -0.2) is 33.0 Å². The normalized spacial score (nSPS) is 16.3. The molecule has 4 heteroatoms. The van der Waals surface area contributed by atoms with E-state index in [0.29, 0.717) is 0 Å². The Morgan fingerprint density at radius 1 is 1.20 bits per heavy atom. The van der Waals surface area contributed by atoms with Gasteiger partial charge in [-0.25, -0.2) is 8.42 Å². The molecule has 0 rings (SSSR count). The Bertz CT molecular complexity index is 249. The van der Waals surface area contributed by atoms with E-state index in [4.69, 9.17) is 0 Å². The average Bonchev–Trinajstić information content (AvgIpc) is 2.16. The van der Waals surface area contributed by atoms with Gasteiger partial charge in [0.15, 0.2) is 9.84 Å². The molecule has 0 aliphatic heterocycles. The molecule has 0 bridgehead atoms. The van der Waals surface area contributed by atoms with E-state index in [0.717, 1.165) is 12.8 Å². The zero-order valence-corrected chi connectivity index (χ0v) is 11.2. The van der Waals surface area contributed by atoms with Crippen LogP contribution in [0.25, 0.3) is 0 Å². The molecule has 92 valence electrons. The Morgan fingerprint density at radius 2 is 1.80 bits per heavy atom. The number of nitrogens with one attached hydrogen (secondary N) is 1. The van der Waals surface area contributed by atoms with Gasteiger partial charge in [0.25, 0.3) is 0 Å². The first-order chi connectivity index (χ1) is 6.93. The molecule has 0 amide bonds. The Morgan fingerprint density at radius 3 is 2.20 bits per heavy atom. The molecular formula is C11H25NO2S. The van der Waals surface area contributed by atoms with E-state index >= 15 is 0 Å². The summed E-state index contributed by atoms with van der Waals surface area (Å²) in [6.07, 6.45) is 7.03. The molecule has 2 unspecified atom stereocenters. The largest absolute Gasteiger partial charge is 0.316 e. The van der Waals surface area contributed by atoms with Crippen molar-refractivity contribution >= 4 is 9.84 Å². The van der Waals surface area contributed by atoms with Crippen LogP contribution in [0.15, 0.2) is 0 Å². The van der Waals surface area contributed by atoms with Crippen LogP contribution in [0.5, 0.6) is 0 Å². The Hall–Kier alpha value is -0.0900. The maximum absolute atomic E-state index is 11.4. The van der Waals surface area contributed by atoms with Gasteiger partial charge in [-0.05, 0) is 20.4 Å². The number of hydrogen-bond acceptors (Lipinski definition) is 3. The van der Waals surface area contributed by atoms with E-state index in [9.17, 15) is 8.42 Å². The summed E-state index contributed by atoms with van der Waals surface area (Å²) < 4.78 is 22.8. The third-order valence-corrected chi connectivity index (χ3v) is 4.66. The van der Waals surface area contributed by atoms with Gasteiger partial charge >= 0.3 is 0 Å². The van der Waals surface area contributed by atoms with Crippen LogP contribution in [0.4, 0.5) is 0 Å². The number of unbranched alkanes of at least 4 members (excludes halogenated alkanes) is 3. The minimum atomic E-state index is -2.92. The predicted molar refractivity (Wildman–Crippen MR) is 65.9 cm³/mol. The molecule has 1 N–H and O–H groups in total. The van der Waals surface area contributed by atoms with Crippen molar-refractivity contribution in [3.05, 3.63) is 0 Å². The molecule has 0 aromatic rings. The van der Waals surface area contributed by atoms with Gasteiger partial charge in [0.2, 0.25) is 0 Å². The Labute approximate surface area is 94.6 Å². The number of hydrogen-bond donors (Lipinski definition) is 1. The summed E-state index contributed by atoms with van der Waals surface area (Å²) in [4.78, 5) is 0. The molecule has 0 radical (unpaired) electrons. The van der Waals surface area contributed by atoms with Crippen LogP contribution < -0.4 is 5.32 Å². The molecular weight excluding hydrogens is 210 g/mol. The lowest BCUT2D eigenvalue weighted by molar-refractivity contribution is 0.467. The highest BCUT2D eigenvalue weighted by molar-refractivity contribution is 7.91. The van der Waals surface area contributed by atoms with Gasteiger partial charge in [-0.15, -0.1) is 0 Å². The van der Waals surface area contributed by atoms with Gasteiger partial charge in [-0.2, -0.15) is 0 Å². The zero-order chi connectivity index (χ0) is 11.9. The Kier molecular flexibility index (Phi) is 7.18. The third kappa shape index (κ3) is 6.15. The first-order valence-electron chi connectivity index (χ1n) is 5.79. The first-order valence-corrected chi connectivity index (χ1v) is 7.75. The average molecular weight is 235 g/mol. The molecule has 0 saturated carbocycles. The topological polar surface area (TPSA) is 46.2 Å². The van der Waals surface area contributed by atoms with Gasteiger partial charge in [-0.3, -0.25) is 0 Å². The van der Waals surface area contributed by atoms with Gasteiger partial charge in [0, 0.05) is 12.3 Å². The number of rotatable bonds is 8. The summed E-state index contributed by atoms with van der Waals surface area (Å²) in [7, 11) is -1.08. The van der Waals surface area contributed by atoms with Crippen LogP contribution in [0.3, 0.4) is 0 Å². The van der Waals surface area contributed by atoms with E-state index in [-0.39, 0.29) is 11.3 Å². The number of sulfone groups is 1. The highest BCUT2D eigenvalue weighted by Crippen LogP contribution is 2.12. The highest BCUT2D eigenvalue weighted by atomic mass is 32.2. The standard InChI is InChI=1S/C11H25NO2S/c1-5-6-7-8-9-11(12-3)10(2)15(4,13)14/h10-12H,5-9H2,1-4H3. The minimum Gasteiger partial charge on any atom is -0.316 e. The fourth-order valence-corrected chi connectivity index (χ4v) is 2.57. The first kappa shape index (κ1) is 14.9. The summed E-state index contributed by atoms with van der Waals surface area (Å²) >= 11 is 0. The van der Waals surface area contributed by atoms with E-state index in [2.05, 4.69) is 12.2 Å². The molecule has 0 aliphatic rings. The van der Waals surface area contributed by atoms with Gasteiger partial charge in [0.05, 0.1) is 5.25 Å². The molecule has 0 aromatic heterocycles. The van der Waals surface area contributed by atoms with Crippen LogP contribution in [0, 0.1) is 0 Å². The lowest BCUT2D eigenvalue weighted by Crippen LogP contribution is -2.40. The second-order valence-electron chi connectivity index (χ2n) is 4.28. The van der Waals surface area contributed by atoms with E-state index in [1.807, 2.05) is 7.05 Å². The van der Waals surface area contributed by atoms with E-state index in [1.165, 1.54) is 25.5 Å². The van der Waals surface area contributed by atoms with Crippen molar-refractivity contribution in [1.82, 2.24) is 5.32 Å². The maximum Gasteiger partial charge on any atom is 0.151 e. The summed E-state index contributed by atoms with van der Waals surface area (Å²) in [5.41, 5.74) is 0. The minimum absolute atomic E-state index is 0.0943. The summed E-state index contributed by atoms with van der Waals surface area (Å²) in [5, 5.41) is 2.82. The van der Waals surface area contributed by atoms with Crippen LogP contribution in [-0.2, 0) is 9.84 Å². The van der Waals surface area contributed by atoms with Crippen molar-refractivity contribution < 1.29 is 8.42 Å². The van der Waals surface area contributed by atoms with E-state index in [1.54, 1.807) is 6.92 Å². The molecule has 2 atom stereocenters. The Balaban J connectivity index is 4.03. The summed E-state index contributed by atoms with van der Waals surface area (Å²) in [6.45, 7) is 3.96. The molecule has 0 spiro atoms. The van der Waals surface area contributed by atoms with Crippen LogP contribution >= 0.6 is 0 Å². The van der Waals surface area contributed by atoms with Crippen molar-refractivity contribution in [2.45, 2.75) is 57.2 Å². The molecule has 0 aromatic carbocycles. The van der Waals surface area contributed by atoms with Crippen LogP contribution in [0.1, 0.15) is 46.0 Å². The van der Waals surface area contributed by atoms with Crippen molar-refractivity contribution in [2.24, 2.45) is 0 Å². The molecule has 0 aliphatic carbocycles. The molecule has 0 saturated heterocycles. The van der Waals surface area contributed by atoms with Crippen LogP contribution in [0.2, 0.25) is 0 Å². The molecule has 15 heavy (non-hydrogen) atoms. The highest BCUT2D eigenvalue weighted by Gasteiger charge is 2.23. The lowest BCUT2D eigenvalue weighted by atomic mass is 10.1. The predicted octanol–water partition coefficient (Wildman–Crippen LogP) is 1.98.